The summed E-state index contributed by atoms with van der Waals surface area (Å²) in [7, 11) is 5.89. The molecule has 4 rings (SSSR count). The summed E-state index contributed by atoms with van der Waals surface area (Å²) in [5, 5.41) is 3.82. The highest BCUT2D eigenvalue weighted by Gasteiger charge is 2.31. The molecule has 5 heteroatoms. The van der Waals surface area contributed by atoms with E-state index >= 15 is 0 Å². The monoisotopic (exact) mass is 505 g/mol. The van der Waals surface area contributed by atoms with Crippen LogP contribution in [0.4, 0.5) is 0 Å². The van der Waals surface area contributed by atoms with Crippen molar-refractivity contribution in [2.75, 3.05) is 27.7 Å². The van der Waals surface area contributed by atoms with E-state index in [9.17, 15) is 4.79 Å². The van der Waals surface area contributed by atoms with Gasteiger partial charge in [0, 0.05) is 6.21 Å². The number of nitrogens with zero attached hydrogens (tertiary/aromatic N) is 2. The van der Waals surface area contributed by atoms with Gasteiger partial charge in [-0.2, -0.15) is 27.0 Å². The van der Waals surface area contributed by atoms with Gasteiger partial charge in [-0.05, 0) is 5.92 Å². The molecule has 0 aliphatic carbocycles. The second kappa shape index (κ2) is 13.5. The van der Waals surface area contributed by atoms with E-state index in [0.29, 0.717) is 16.9 Å². The molecule has 0 fully saturated rings. The van der Waals surface area contributed by atoms with Gasteiger partial charge in [0.05, 0.1) is 21.1 Å². The smallest absolute Gasteiger partial charge is 0.295 e. The highest BCUT2D eigenvalue weighted by molar-refractivity contribution is 7.19. The van der Waals surface area contributed by atoms with Crippen LogP contribution in [0, 0.1) is 5.92 Å². The summed E-state index contributed by atoms with van der Waals surface area (Å²) in [4.78, 5) is 11.2. The van der Waals surface area contributed by atoms with E-state index in [0.717, 1.165) is 0 Å². The van der Waals surface area contributed by atoms with Crippen molar-refractivity contribution in [3.8, 4) is 0 Å². The fourth-order valence-corrected chi connectivity index (χ4v) is 4.85. The van der Waals surface area contributed by atoms with Gasteiger partial charge in [0.2, 0.25) is 0 Å². The van der Waals surface area contributed by atoms with Crippen LogP contribution in [0.15, 0.2) is 126 Å². The van der Waals surface area contributed by atoms with Crippen LogP contribution >= 0.6 is 0 Å². The van der Waals surface area contributed by atoms with Crippen LogP contribution < -0.4 is 27.3 Å². The topological polar surface area (TPSA) is 41.5 Å². The number of hydrogen-bond donors (Lipinski definition) is 1. The van der Waals surface area contributed by atoms with Gasteiger partial charge < -0.3 is 4.48 Å². The summed E-state index contributed by atoms with van der Waals surface area (Å²) < 4.78 is 0.614. The van der Waals surface area contributed by atoms with Crippen molar-refractivity contribution in [2.24, 2.45) is 11.0 Å². The third-order valence-electron chi connectivity index (χ3n) is 6.38. The first-order valence-corrected chi connectivity index (χ1v) is 13.2. The maximum Gasteiger partial charge on any atom is 0.295 e. The van der Waals surface area contributed by atoms with Gasteiger partial charge in [-0.1, -0.05) is 135 Å². The Labute approximate surface area is 228 Å². The molecule has 196 valence electrons. The molecule has 0 aromatic heterocycles. The molecule has 0 radical (unpaired) electrons. The van der Waals surface area contributed by atoms with Crippen LogP contribution in [0.1, 0.15) is 13.8 Å². The van der Waals surface area contributed by atoms with Crippen LogP contribution in [-0.2, 0) is 4.79 Å². The number of hydrazone groups is 1. The second-order valence-electron chi connectivity index (χ2n) is 11.0. The van der Waals surface area contributed by atoms with Gasteiger partial charge in [0.1, 0.15) is 6.15 Å². The fraction of sp³-hybridized carbons (Fsp3) is 0.212. The molecule has 0 atom stereocenters. The van der Waals surface area contributed by atoms with Crippen LogP contribution in [0.25, 0.3) is 0 Å². The Morgan fingerprint density at radius 3 is 1.26 bits per heavy atom. The molecular formula is C33H40BN3O. The van der Waals surface area contributed by atoms with Gasteiger partial charge in [-0.3, -0.25) is 4.79 Å². The molecule has 0 saturated carbocycles. The molecule has 1 N–H and O–H groups in total. The summed E-state index contributed by atoms with van der Waals surface area (Å²) in [5.74, 6) is 0.314. The standard InChI is InChI=1S/C24H20B.C9H19N3O/c1-5-13-21(14-6-1)25(22-15-7-2-8-16-22,23-17-9-3-10-18-23)24-19-11-4-12-20-24;1-8(2)6-10-11-9(13)7-12(3,4)5/h1-20H;6,8H,7H2,1-5H3/q-1;/p+1/b;10-6+. The second-order valence-corrected chi connectivity index (χ2v) is 11.0. The highest BCUT2D eigenvalue weighted by atomic mass is 16.2. The summed E-state index contributed by atoms with van der Waals surface area (Å²) in [6.07, 6.45) is 0.500. The third kappa shape index (κ3) is 7.77. The maximum atomic E-state index is 11.2. The number of nitrogens with one attached hydrogen (secondary N) is 1. The molecule has 0 heterocycles. The number of likely N-dealkylation sites (N-methyl/N-ethyl adjacent to an activating group) is 1. The van der Waals surface area contributed by atoms with Crippen molar-refractivity contribution in [3.63, 3.8) is 0 Å². The van der Waals surface area contributed by atoms with Crippen molar-refractivity contribution in [1.29, 1.82) is 0 Å². The zero-order chi connectivity index (χ0) is 27.4. The number of hydrogen-bond acceptors (Lipinski definition) is 2. The van der Waals surface area contributed by atoms with E-state index in [1.807, 2.05) is 35.0 Å². The first-order chi connectivity index (χ1) is 18.2. The average molecular weight is 506 g/mol. The predicted molar refractivity (Wildman–Crippen MR) is 164 cm³/mol. The van der Waals surface area contributed by atoms with Crippen molar-refractivity contribution in [2.45, 2.75) is 13.8 Å². The van der Waals surface area contributed by atoms with Crippen molar-refractivity contribution in [3.05, 3.63) is 121 Å². The summed E-state index contributed by atoms with van der Waals surface area (Å²) >= 11 is 0. The van der Waals surface area contributed by atoms with E-state index < -0.39 is 6.15 Å². The van der Waals surface area contributed by atoms with Crippen LogP contribution in [0.3, 0.4) is 0 Å². The lowest BCUT2D eigenvalue weighted by molar-refractivity contribution is -0.862. The van der Waals surface area contributed by atoms with Gasteiger partial charge in [-0.15, -0.1) is 0 Å². The Kier molecular flexibility index (Phi) is 10.2. The minimum absolute atomic E-state index is 0.0515. The molecule has 0 bridgehead atoms. The third-order valence-corrected chi connectivity index (χ3v) is 6.38. The Hall–Kier alpha value is -3.96. The van der Waals surface area contributed by atoms with Gasteiger partial charge in [0.25, 0.3) is 5.91 Å². The number of carbonyl (C=O) groups is 1. The van der Waals surface area contributed by atoms with E-state index in [4.69, 9.17) is 0 Å². The number of carbonyl (C=O) groups excluding carboxylic acids is 1. The Morgan fingerprint density at radius 1 is 0.684 bits per heavy atom. The minimum atomic E-state index is -1.22. The number of amides is 1. The van der Waals surface area contributed by atoms with Crippen LogP contribution in [-0.4, -0.2) is 50.4 Å². The molecular weight excluding hydrogens is 465 g/mol. The van der Waals surface area contributed by atoms with E-state index in [2.05, 4.69) is 132 Å². The zero-order valence-electron chi connectivity index (χ0n) is 23.3. The first-order valence-electron chi connectivity index (χ1n) is 13.2. The van der Waals surface area contributed by atoms with Crippen molar-refractivity contribution in [1.82, 2.24) is 5.43 Å². The van der Waals surface area contributed by atoms with Gasteiger partial charge in [0.15, 0.2) is 6.54 Å². The van der Waals surface area contributed by atoms with E-state index in [-0.39, 0.29) is 5.91 Å². The summed E-state index contributed by atoms with van der Waals surface area (Å²) in [6.45, 7) is 4.46. The van der Waals surface area contributed by atoms with E-state index in [1.165, 1.54) is 21.9 Å². The number of quaternary nitrogens is 1. The number of rotatable bonds is 8. The lowest BCUT2D eigenvalue weighted by atomic mass is 9.13. The minimum Gasteiger partial charge on any atom is -0.323 e. The quantitative estimate of drug-likeness (QED) is 0.169. The number of benzene rings is 4. The maximum absolute atomic E-state index is 11.2. The molecule has 0 aliphatic heterocycles. The van der Waals surface area contributed by atoms with Crippen LogP contribution in [0.5, 0.6) is 0 Å². The Morgan fingerprint density at radius 2 is 1.00 bits per heavy atom. The highest BCUT2D eigenvalue weighted by Crippen LogP contribution is 2.09. The molecule has 0 unspecified atom stereocenters. The normalized spacial score (nSPS) is 11.6. The molecule has 4 aromatic rings. The van der Waals surface area contributed by atoms with E-state index in [1.54, 1.807) is 6.21 Å². The lowest BCUT2D eigenvalue weighted by Gasteiger charge is -2.44. The fourth-order valence-electron chi connectivity index (χ4n) is 4.85. The van der Waals surface area contributed by atoms with Gasteiger partial charge >= 0.3 is 0 Å². The first kappa shape index (κ1) is 28.6. The molecule has 0 spiro atoms. The van der Waals surface area contributed by atoms with Gasteiger partial charge in [-0.25, -0.2) is 5.43 Å². The zero-order valence-corrected chi connectivity index (χ0v) is 23.3. The summed E-state index contributed by atoms with van der Waals surface area (Å²) in [5.41, 5.74) is 7.84. The SMILES string of the molecule is CC(C)/C=N/NC(=O)C[N+](C)(C)C.c1ccc([B-](c2ccccc2)(c2ccccc2)c2ccccc2)cc1. The molecule has 38 heavy (non-hydrogen) atoms. The molecule has 0 aliphatic rings. The summed E-state index contributed by atoms with van der Waals surface area (Å²) in [6, 6.07) is 43.5. The molecule has 0 saturated heterocycles. The largest absolute Gasteiger partial charge is 0.323 e. The Balaban J connectivity index is 0.000000263. The molecule has 4 aromatic carbocycles. The van der Waals surface area contributed by atoms with Crippen molar-refractivity contribution < 1.29 is 9.28 Å². The average Bonchev–Trinajstić information content (AvgIpc) is 2.91. The molecule has 4 nitrogen and oxygen atoms in total. The predicted octanol–water partition coefficient (Wildman–Crippen LogP) is 3.51. The van der Waals surface area contributed by atoms with Crippen molar-refractivity contribution >= 4 is 40.1 Å². The Bertz CT molecular complexity index is 1110. The van der Waals surface area contributed by atoms with Crippen LogP contribution in [0.2, 0.25) is 0 Å². The lowest BCUT2D eigenvalue weighted by Crippen LogP contribution is -2.74. The molecule has 1 amide bonds.